The van der Waals surface area contributed by atoms with Crippen LogP contribution in [0.4, 0.5) is 17.1 Å². The fourth-order valence-electron chi connectivity index (χ4n) is 9.51. The number of aromatic hydroxyl groups is 1. The third-order valence-corrected chi connectivity index (χ3v) is 13.1. The lowest BCUT2D eigenvalue weighted by atomic mass is 9.79. The molecule has 0 spiro atoms. The Bertz CT molecular complexity index is 3220. The fraction of sp³-hybridized carbons (Fsp3) is 0.164. The molecule has 2 aromatic heterocycles. The molecule has 0 saturated carbocycles. The molecule has 5 nitrogen and oxygen atoms in total. The number of para-hydroxylation sites is 2. The molecule has 0 fully saturated rings. The molecule has 0 amide bonds. The highest BCUT2D eigenvalue weighted by molar-refractivity contribution is 5.92. The summed E-state index contributed by atoms with van der Waals surface area (Å²) in [6, 6.07) is 54.7. The van der Waals surface area contributed by atoms with Gasteiger partial charge in [0.1, 0.15) is 5.75 Å². The first-order valence-electron chi connectivity index (χ1n) is 22.7. The Morgan fingerprint density at radius 2 is 1.17 bits per heavy atom. The number of benzene rings is 6. The molecular formula is C61H52N4O. The molecule has 1 aliphatic heterocycles. The normalized spacial score (nSPS) is 15.3. The van der Waals surface area contributed by atoms with E-state index in [1.807, 2.05) is 42.6 Å². The number of aromatic nitrogens is 2. The van der Waals surface area contributed by atoms with Gasteiger partial charge >= 0.3 is 0 Å². The predicted octanol–water partition coefficient (Wildman–Crippen LogP) is 16.1. The first kappa shape index (κ1) is 42.2. The number of phenols is 1. The number of hydrogen-bond donors (Lipinski definition) is 1. The third kappa shape index (κ3) is 7.79. The molecule has 8 aromatic rings. The highest BCUT2D eigenvalue weighted by Crippen LogP contribution is 2.52. The molecule has 1 N–H and O–H groups in total. The van der Waals surface area contributed by atoms with Crippen LogP contribution in [0.5, 0.6) is 5.75 Å². The summed E-state index contributed by atoms with van der Waals surface area (Å²) in [5.41, 5.74) is 16.7. The second-order valence-corrected chi connectivity index (χ2v) is 19.5. The molecule has 66 heavy (non-hydrogen) atoms. The Morgan fingerprint density at radius 3 is 1.88 bits per heavy atom. The van der Waals surface area contributed by atoms with Crippen molar-refractivity contribution in [2.75, 3.05) is 4.90 Å². The van der Waals surface area contributed by atoms with Crippen molar-refractivity contribution >= 4 is 17.1 Å². The van der Waals surface area contributed by atoms with Gasteiger partial charge in [-0.25, -0.2) is 9.83 Å². The number of fused-ring (bicyclic) bond motifs is 3. The van der Waals surface area contributed by atoms with Gasteiger partial charge < -0.3 is 10.0 Å². The molecule has 1 aliphatic carbocycles. The zero-order chi connectivity index (χ0) is 45.7. The number of nitrogens with zero attached hydrogens (tertiary/aromatic N) is 4. The van der Waals surface area contributed by atoms with Crippen molar-refractivity contribution in [3.63, 3.8) is 0 Å². The summed E-state index contributed by atoms with van der Waals surface area (Å²) < 4.78 is 0. The Labute approximate surface area is 389 Å². The van der Waals surface area contributed by atoms with Gasteiger partial charge in [-0.3, -0.25) is 4.98 Å². The van der Waals surface area contributed by atoms with Gasteiger partial charge in [0.25, 0.3) is 0 Å². The highest BCUT2D eigenvalue weighted by Gasteiger charge is 2.39. The van der Waals surface area contributed by atoms with Crippen molar-refractivity contribution < 1.29 is 5.11 Å². The maximum atomic E-state index is 12.1. The second-order valence-electron chi connectivity index (χ2n) is 19.5. The van der Waals surface area contributed by atoms with Crippen molar-refractivity contribution in [3.8, 4) is 72.9 Å². The van der Waals surface area contributed by atoms with Crippen LogP contribution in [0.1, 0.15) is 64.2 Å². The number of rotatable bonds is 7. The first-order valence-corrected chi connectivity index (χ1v) is 22.7. The van der Waals surface area contributed by atoms with Crippen LogP contribution < -0.4 is 4.90 Å². The van der Waals surface area contributed by atoms with Crippen LogP contribution in [-0.4, -0.2) is 21.1 Å². The summed E-state index contributed by atoms with van der Waals surface area (Å²) in [5.74, 6) is 0.285. The molecule has 6 aromatic carbocycles. The van der Waals surface area contributed by atoms with Crippen molar-refractivity contribution in [1.29, 1.82) is 0 Å². The van der Waals surface area contributed by atoms with E-state index in [1.165, 1.54) is 28.1 Å². The van der Waals surface area contributed by atoms with E-state index in [9.17, 15) is 5.11 Å². The SMILES string of the molecule is [C-]#[N+]c1ccc(-c2cc(-c3cc(C(C)(C)C)cc(C(C)(C)C)c3)cc(-c3cccc(-c4cc(-c5cccc6c5N(c5ccccc5)C5C=CC=CC65)ccn4)c3)n2)c(O)c1-c1ccccc1. The molecule has 322 valence electrons. The molecule has 2 aliphatic rings. The molecule has 2 unspecified atom stereocenters. The minimum absolute atomic E-state index is 0.0309. The smallest absolute Gasteiger partial charge is 0.198 e. The minimum atomic E-state index is -0.0883. The largest absolute Gasteiger partial charge is 0.508 e. The van der Waals surface area contributed by atoms with Crippen LogP contribution in [-0.2, 0) is 10.8 Å². The van der Waals surface area contributed by atoms with Gasteiger partial charge in [0, 0.05) is 45.6 Å². The Morgan fingerprint density at radius 1 is 0.545 bits per heavy atom. The average Bonchev–Trinajstić information content (AvgIpc) is 3.68. The summed E-state index contributed by atoms with van der Waals surface area (Å²) in [4.78, 5) is 16.6. The van der Waals surface area contributed by atoms with Gasteiger partial charge in [-0.1, -0.05) is 181 Å². The van der Waals surface area contributed by atoms with E-state index in [4.69, 9.17) is 16.5 Å². The molecule has 0 radical (unpaired) electrons. The maximum absolute atomic E-state index is 12.1. The van der Waals surface area contributed by atoms with E-state index < -0.39 is 0 Å². The molecule has 5 heteroatoms. The van der Waals surface area contributed by atoms with Gasteiger partial charge in [0.05, 0.1) is 35.4 Å². The number of allylic oxidation sites excluding steroid dienone is 2. The summed E-state index contributed by atoms with van der Waals surface area (Å²) >= 11 is 0. The van der Waals surface area contributed by atoms with E-state index >= 15 is 0 Å². The first-order chi connectivity index (χ1) is 31.9. The predicted molar refractivity (Wildman–Crippen MR) is 273 cm³/mol. The zero-order valence-corrected chi connectivity index (χ0v) is 38.3. The van der Waals surface area contributed by atoms with E-state index in [1.54, 1.807) is 6.07 Å². The number of pyridine rings is 2. The molecule has 2 atom stereocenters. The van der Waals surface area contributed by atoms with E-state index in [0.717, 1.165) is 50.3 Å². The Kier molecular flexibility index (Phi) is 10.6. The van der Waals surface area contributed by atoms with Gasteiger partial charge in [-0.15, -0.1) is 0 Å². The summed E-state index contributed by atoms with van der Waals surface area (Å²) in [5, 5.41) is 12.1. The van der Waals surface area contributed by atoms with Crippen LogP contribution >= 0.6 is 0 Å². The maximum Gasteiger partial charge on any atom is 0.198 e. The zero-order valence-electron chi connectivity index (χ0n) is 38.3. The fourth-order valence-corrected chi connectivity index (χ4v) is 9.51. The van der Waals surface area contributed by atoms with Crippen molar-refractivity contribution in [3.05, 3.63) is 216 Å². The molecular weight excluding hydrogens is 805 g/mol. The molecule has 10 rings (SSSR count). The Balaban J connectivity index is 1.12. The molecule has 3 heterocycles. The van der Waals surface area contributed by atoms with Crippen molar-refractivity contribution in [1.82, 2.24) is 9.97 Å². The standard InChI is InChI=1S/C61H52N4O/c1-60(2,3)45-33-43(34-46(38-45)61(4,5)6)44-36-54(64-55(37-44)51-28-29-52(62-7)57(59(51)66)39-18-10-8-11-19-39)42-21-16-20-41(32-42)53-35-40(30-31-63-53)48-25-17-26-50-49-24-14-15-27-56(49)65(58(48)50)47-22-12-9-13-23-47/h8-38,49,56,66H,1-6H3. The van der Waals surface area contributed by atoms with E-state index in [-0.39, 0.29) is 28.5 Å². The topological polar surface area (TPSA) is 53.6 Å². The van der Waals surface area contributed by atoms with E-state index in [0.29, 0.717) is 22.5 Å². The van der Waals surface area contributed by atoms with Gasteiger partial charge in [0.15, 0.2) is 5.69 Å². The van der Waals surface area contributed by atoms with Crippen LogP contribution in [0.15, 0.2) is 188 Å². The average molecular weight is 857 g/mol. The monoisotopic (exact) mass is 856 g/mol. The Hall–Kier alpha value is -7.81. The number of anilines is 2. The number of hydrogen-bond acceptors (Lipinski definition) is 4. The lowest BCUT2D eigenvalue weighted by Gasteiger charge is -2.29. The van der Waals surface area contributed by atoms with Crippen LogP contribution in [0.25, 0.3) is 72.0 Å². The lowest BCUT2D eigenvalue weighted by Crippen LogP contribution is -2.28. The quantitative estimate of drug-likeness (QED) is 0.162. The third-order valence-electron chi connectivity index (χ3n) is 13.1. The molecule has 0 saturated heterocycles. The summed E-state index contributed by atoms with van der Waals surface area (Å²) in [6.45, 7) is 21.5. The summed E-state index contributed by atoms with van der Waals surface area (Å²) in [7, 11) is 0. The minimum Gasteiger partial charge on any atom is -0.508 e. The van der Waals surface area contributed by atoms with Crippen molar-refractivity contribution in [2.45, 2.75) is 64.3 Å². The van der Waals surface area contributed by atoms with Crippen LogP contribution in [0.2, 0.25) is 0 Å². The lowest BCUT2D eigenvalue weighted by molar-refractivity contribution is 0.479. The van der Waals surface area contributed by atoms with Gasteiger partial charge in [-0.2, -0.15) is 0 Å². The molecule has 0 bridgehead atoms. The van der Waals surface area contributed by atoms with Crippen LogP contribution in [0.3, 0.4) is 0 Å². The van der Waals surface area contributed by atoms with Crippen LogP contribution in [0, 0.1) is 6.57 Å². The second kappa shape index (κ2) is 16.6. The summed E-state index contributed by atoms with van der Waals surface area (Å²) in [6.07, 6.45) is 10.9. The van der Waals surface area contributed by atoms with E-state index in [2.05, 4.69) is 191 Å². The number of phenolic OH excluding ortho intramolecular Hbond substituents is 1. The van der Waals surface area contributed by atoms with Gasteiger partial charge in [-0.05, 0) is 92.2 Å². The van der Waals surface area contributed by atoms with Gasteiger partial charge in [0.2, 0.25) is 0 Å². The van der Waals surface area contributed by atoms with Crippen molar-refractivity contribution in [2.24, 2.45) is 0 Å². The highest BCUT2D eigenvalue weighted by atomic mass is 16.3.